The average Bonchev–Trinajstić information content (AvgIpc) is 2.29. The quantitative estimate of drug-likeness (QED) is 0.594. The van der Waals surface area contributed by atoms with Crippen molar-refractivity contribution in [3.05, 3.63) is 12.4 Å². The van der Waals surface area contributed by atoms with Gasteiger partial charge in [0.2, 0.25) is 0 Å². The van der Waals surface area contributed by atoms with Gasteiger partial charge in [-0.25, -0.2) is 0 Å². The van der Waals surface area contributed by atoms with Gasteiger partial charge in [-0.2, -0.15) is 5.10 Å². The third-order valence-electron chi connectivity index (χ3n) is 1.97. The molecule has 1 aromatic rings. The molecule has 0 aromatic carbocycles. The summed E-state index contributed by atoms with van der Waals surface area (Å²) in [7, 11) is 1.92. The fourth-order valence-electron chi connectivity index (χ4n) is 1.30. The van der Waals surface area contributed by atoms with Gasteiger partial charge in [0.15, 0.2) is 0 Å². The lowest BCUT2D eigenvalue weighted by Gasteiger charge is -2.37. The highest BCUT2D eigenvalue weighted by Crippen LogP contribution is 2.17. The predicted octanol–water partition coefficient (Wildman–Crippen LogP) is -0.433. The highest BCUT2D eigenvalue weighted by atomic mass is 15.3. The number of aromatic nitrogens is 2. The van der Waals surface area contributed by atoms with Gasteiger partial charge < -0.3 is 10.6 Å². The Morgan fingerprint density at radius 1 is 1.64 bits per heavy atom. The minimum absolute atomic E-state index is 0.357. The maximum Gasteiger partial charge on any atom is 0.0753 e. The molecule has 0 aliphatic carbocycles. The molecule has 60 valence electrons. The lowest BCUT2D eigenvalue weighted by atomic mass is 10.1. The zero-order valence-corrected chi connectivity index (χ0v) is 6.57. The van der Waals surface area contributed by atoms with Crippen LogP contribution in [0.5, 0.6) is 0 Å². The standard InChI is InChI=1S/C7H12N4/c1-10-5-7(2-9-10)11-3-6(8)4-11/h2,5-6H,3-4,8H2,1H3. The Bertz CT molecular complexity index is 249. The van der Waals surface area contributed by atoms with E-state index in [1.807, 2.05) is 19.4 Å². The molecular formula is C7H12N4. The Labute approximate surface area is 65.6 Å². The molecule has 0 bridgehead atoms. The maximum absolute atomic E-state index is 5.64. The molecule has 0 saturated carbocycles. The summed E-state index contributed by atoms with van der Waals surface area (Å²) in [4.78, 5) is 2.22. The fourth-order valence-corrected chi connectivity index (χ4v) is 1.30. The third kappa shape index (κ3) is 1.09. The molecule has 4 nitrogen and oxygen atoms in total. The van der Waals surface area contributed by atoms with Gasteiger partial charge in [0.05, 0.1) is 11.9 Å². The first-order valence-corrected chi connectivity index (χ1v) is 3.75. The van der Waals surface area contributed by atoms with E-state index in [4.69, 9.17) is 5.73 Å². The first-order chi connectivity index (χ1) is 5.25. The topological polar surface area (TPSA) is 47.1 Å². The Morgan fingerprint density at radius 2 is 2.36 bits per heavy atom. The molecule has 1 aliphatic heterocycles. The van der Waals surface area contributed by atoms with Crippen LogP contribution >= 0.6 is 0 Å². The van der Waals surface area contributed by atoms with Crippen molar-refractivity contribution in [2.75, 3.05) is 18.0 Å². The minimum atomic E-state index is 0.357. The molecule has 2 rings (SSSR count). The molecular weight excluding hydrogens is 140 g/mol. The molecule has 0 unspecified atom stereocenters. The summed E-state index contributed by atoms with van der Waals surface area (Å²) in [5.41, 5.74) is 6.82. The van der Waals surface area contributed by atoms with E-state index in [0.29, 0.717) is 6.04 Å². The molecule has 1 fully saturated rings. The van der Waals surface area contributed by atoms with Crippen molar-refractivity contribution < 1.29 is 0 Å². The van der Waals surface area contributed by atoms with Crippen LogP contribution in [0.1, 0.15) is 0 Å². The Morgan fingerprint density at radius 3 is 2.82 bits per heavy atom. The van der Waals surface area contributed by atoms with E-state index in [9.17, 15) is 0 Å². The van der Waals surface area contributed by atoms with E-state index in [1.165, 1.54) is 5.69 Å². The van der Waals surface area contributed by atoms with Gasteiger partial charge in [-0.3, -0.25) is 4.68 Å². The van der Waals surface area contributed by atoms with E-state index < -0.39 is 0 Å². The summed E-state index contributed by atoms with van der Waals surface area (Å²) >= 11 is 0. The van der Waals surface area contributed by atoms with E-state index in [-0.39, 0.29) is 0 Å². The van der Waals surface area contributed by atoms with Crippen molar-refractivity contribution in [2.24, 2.45) is 12.8 Å². The molecule has 2 heterocycles. The summed E-state index contributed by atoms with van der Waals surface area (Å²) in [6.45, 7) is 1.93. The van der Waals surface area contributed by atoms with Crippen molar-refractivity contribution in [3.8, 4) is 0 Å². The van der Waals surface area contributed by atoms with E-state index >= 15 is 0 Å². The Hall–Kier alpha value is -1.03. The molecule has 1 aromatic heterocycles. The van der Waals surface area contributed by atoms with E-state index in [0.717, 1.165) is 13.1 Å². The van der Waals surface area contributed by atoms with Crippen LogP contribution in [0.25, 0.3) is 0 Å². The minimum Gasteiger partial charge on any atom is -0.366 e. The van der Waals surface area contributed by atoms with Crippen LogP contribution in [0, 0.1) is 0 Å². The van der Waals surface area contributed by atoms with E-state index in [2.05, 4.69) is 10.00 Å². The zero-order valence-electron chi connectivity index (χ0n) is 6.57. The van der Waals surface area contributed by atoms with Gasteiger partial charge >= 0.3 is 0 Å². The normalized spacial score (nSPS) is 18.5. The van der Waals surface area contributed by atoms with Crippen molar-refractivity contribution in [3.63, 3.8) is 0 Å². The predicted molar refractivity (Wildman–Crippen MR) is 43.4 cm³/mol. The number of anilines is 1. The number of hydrogen-bond donors (Lipinski definition) is 1. The van der Waals surface area contributed by atoms with Crippen molar-refractivity contribution >= 4 is 5.69 Å². The van der Waals surface area contributed by atoms with Crippen LogP contribution in [0.3, 0.4) is 0 Å². The van der Waals surface area contributed by atoms with Gasteiger partial charge in [-0.15, -0.1) is 0 Å². The number of nitrogens with zero attached hydrogens (tertiary/aromatic N) is 3. The third-order valence-corrected chi connectivity index (χ3v) is 1.97. The van der Waals surface area contributed by atoms with Crippen LogP contribution < -0.4 is 10.6 Å². The summed E-state index contributed by atoms with van der Waals surface area (Å²) in [5, 5.41) is 4.08. The molecule has 0 radical (unpaired) electrons. The van der Waals surface area contributed by atoms with Gasteiger partial charge in [-0.1, -0.05) is 0 Å². The second-order valence-electron chi connectivity index (χ2n) is 3.04. The van der Waals surface area contributed by atoms with Crippen LogP contribution in [-0.2, 0) is 7.05 Å². The SMILES string of the molecule is Cn1cc(N2CC(N)C2)cn1. The van der Waals surface area contributed by atoms with Gasteiger partial charge in [0, 0.05) is 32.4 Å². The van der Waals surface area contributed by atoms with Crippen molar-refractivity contribution in [2.45, 2.75) is 6.04 Å². The number of rotatable bonds is 1. The van der Waals surface area contributed by atoms with Crippen LogP contribution in [-0.4, -0.2) is 28.9 Å². The van der Waals surface area contributed by atoms with E-state index in [1.54, 1.807) is 4.68 Å². The number of nitrogens with two attached hydrogens (primary N) is 1. The largest absolute Gasteiger partial charge is 0.366 e. The van der Waals surface area contributed by atoms with Gasteiger partial charge in [-0.05, 0) is 0 Å². The van der Waals surface area contributed by atoms with Crippen molar-refractivity contribution in [1.29, 1.82) is 0 Å². The fraction of sp³-hybridized carbons (Fsp3) is 0.571. The number of aryl methyl sites for hydroxylation is 1. The molecule has 1 aliphatic rings. The maximum atomic E-state index is 5.64. The molecule has 0 atom stereocenters. The van der Waals surface area contributed by atoms with Crippen LogP contribution in [0.2, 0.25) is 0 Å². The van der Waals surface area contributed by atoms with Gasteiger partial charge in [0.1, 0.15) is 0 Å². The zero-order chi connectivity index (χ0) is 7.84. The van der Waals surface area contributed by atoms with Crippen LogP contribution in [0.4, 0.5) is 5.69 Å². The summed E-state index contributed by atoms with van der Waals surface area (Å²) in [6.07, 6.45) is 3.87. The molecule has 1 saturated heterocycles. The first kappa shape index (κ1) is 6.67. The molecule has 0 spiro atoms. The average molecular weight is 152 g/mol. The Kier molecular flexibility index (Phi) is 1.35. The number of hydrogen-bond acceptors (Lipinski definition) is 3. The van der Waals surface area contributed by atoms with Crippen LogP contribution in [0.15, 0.2) is 12.4 Å². The Balaban J connectivity index is 2.07. The molecule has 4 heteroatoms. The second kappa shape index (κ2) is 2.23. The summed E-state index contributed by atoms with van der Waals surface area (Å²) < 4.78 is 1.80. The second-order valence-corrected chi connectivity index (χ2v) is 3.04. The first-order valence-electron chi connectivity index (χ1n) is 3.75. The monoisotopic (exact) mass is 152 g/mol. The smallest absolute Gasteiger partial charge is 0.0753 e. The summed E-state index contributed by atoms with van der Waals surface area (Å²) in [6, 6.07) is 0.357. The van der Waals surface area contributed by atoms with Crippen molar-refractivity contribution in [1.82, 2.24) is 9.78 Å². The summed E-state index contributed by atoms with van der Waals surface area (Å²) in [5.74, 6) is 0. The lowest BCUT2D eigenvalue weighted by molar-refractivity contribution is 0.519. The highest BCUT2D eigenvalue weighted by molar-refractivity contribution is 5.45. The molecule has 2 N–H and O–H groups in total. The highest BCUT2D eigenvalue weighted by Gasteiger charge is 2.23. The molecule has 0 amide bonds. The molecule has 11 heavy (non-hydrogen) atoms. The lowest BCUT2D eigenvalue weighted by Crippen LogP contribution is -2.55. The van der Waals surface area contributed by atoms with Gasteiger partial charge in [0.25, 0.3) is 0 Å².